The van der Waals surface area contributed by atoms with E-state index in [0.29, 0.717) is 6.04 Å². The van der Waals surface area contributed by atoms with Crippen LogP contribution in [0.15, 0.2) is 0 Å². The molecule has 0 spiro atoms. The van der Waals surface area contributed by atoms with E-state index in [1.807, 2.05) is 6.92 Å². The van der Waals surface area contributed by atoms with Gasteiger partial charge in [-0.15, -0.1) is 0 Å². The van der Waals surface area contributed by atoms with E-state index in [2.05, 4.69) is 9.88 Å². The molecule has 1 N–H and O–H groups in total. The Morgan fingerprint density at radius 2 is 2.09 bits per heavy atom. The minimum absolute atomic E-state index is 0.167. The van der Waals surface area contributed by atoms with Crippen LogP contribution in [-0.2, 0) is 22.7 Å². The molecule has 124 valence electrons. The molecule has 22 heavy (non-hydrogen) atoms. The summed E-state index contributed by atoms with van der Waals surface area (Å²) in [6.45, 7) is 3.91. The third kappa shape index (κ3) is 3.71. The second-order valence-electron chi connectivity index (χ2n) is 7.10. The van der Waals surface area contributed by atoms with Crippen molar-refractivity contribution in [2.45, 2.75) is 51.5 Å². The van der Waals surface area contributed by atoms with Crippen LogP contribution in [0.3, 0.4) is 0 Å². The summed E-state index contributed by atoms with van der Waals surface area (Å²) in [6, 6.07) is 0.340. The maximum atomic E-state index is 11.5. The van der Waals surface area contributed by atoms with Gasteiger partial charge in [0.2, 0.25) is 0 Å². The van der Waals surface area contributed by atoms with Gasteiger partial charge in [0.15, 0.2) is 0 Å². The van der Waals surface area contributed by atoms with Crippen LogP contribution in [0.25, 0.3) is 0 Å². The normalized spacial score (nSPS) is 24.4. The Hall–Kier alpha value is -0.880. The third-order valence-electron chi connectivity index (χ3n) is 4.79. The van der Waals surface area contributed by atoms with E-state index in [1.54, 1.807) is 0 Å². The fraction of sp³-hybridized carbons (Fsp3) is 0.812. The monoisotopic (exact) mass is 325 g/mol. The highest BCUT2D eigenvalue weighted by molar-refractivity contribution is 7.90. The minimum Gasteiger partial charge on any atom is -0.344 e. The molecule has 1 fully saturated rings. The first kappa shape index (κ1) is 16.0. The zero-order chi connectivity index (χ0) is 15.7. The van der Waals surface area contributed by atoms with E-state index in [0.717, 1.165) is 38.2 Å². The van der Waals surface area contributed by atoms with Crippen molar-refractivity contribution in [1.29, 1.82) is 0 Å². The highest BCUT2D eigenvalue weighted by Crippen LogP contribution is 2.32. The number of aryl methyl sites for hydroxylation is 2. The van der Waals surface area contributed by atoms with Gasteiger partial charge in [-0.3, -0.25) is 4.90 Å². The molecule has 0 saturated carbocycles. The number of sulfone groups is 1. The SMILES string of the molecule is C[C@@H](CN1CCC[C@@H]1c1nc2c([nH]1)CCCC2)CS(C)(=O)=O. The Bertz CT molecular complexity index is 600. The summed E-state index contributed by atoms with van der Waals surface area (Å²) >= 11 is 0. The fourth-order valence-electron chi connectivity index (χ4n) is 3.96. The minimum atomic E-state index is -2.90. The van der Waals surface area contributed by atoms with Crippen LogP contribution < -0.4 is 0 Å². The highest BCUT2D eigenvalue weighted by Gasteiger charge is 2.31. The molecular formula is C16H27N3O2S. The molecule has 1 aliphatic heterocycles. The Morgan fingerprint density at radius 3 is 2.82 bits per heavy atom. The van der Waals surface area contributed by atoms with Gasteiger partial charge in [0.05, 0.1) is 17.5 Å². The van der Waals surface area contributed by atoms with Crippen LogP contribution in [0.5, 0.6) is 0 Å². The molecule has 2 aliphatic rings. The zero-order valence-corrected chi connectivity index (χ0v) is 14.5. The molecule has 5 nitrogen and oxygen atoms in total. The van der Waals surface area contributed by atoms with Crippen molar-refractivity contribution in [2.75, 3.05) is 25.1 Å². The van der Waals surface area contributed by atoms with Crippen molar-refractivity contribution in [2.24, 2.45) is 5.92 Å². The molecule has 1 aliphatic carbocycles. The van der Waals surface area contributed by atoms with Crippen LogP contribution in [0.1, 0.15) is 55.9 Å². The molecule has 2 atom stereocenters. The predicted molar refractivity (Wildman–Crippen MR) is 87.7 cm³/mol. The molecule has 0 radical (unpaired) electrons. The summed E-state index contributed by atoms with van der Waals surface area (Å²) in [4.78, 5) is 10.8. The molecule has 1 aromatic heterocycles. The topological polar surface area (TPSA) is 66.1 Å². The summed E-state index contributed by atoms with van der Waals surface area (Å²) < 4.78 is 22.9. The summed E-state index contributed by atoms with van der Waals surface area (Å²) in [6.07, 6.45) is 8.35. The Labute approximate surface area is 133 Å². The number of hydrogen-bond acceptors (Lipinski definition) is 4. The molecule has 0 unspecified atom stereocenters. The van der Waals surface area contributed by atoms with E-state index in [-0.39, 0.29) is 11.7 Å². The van der Waals surface area contributed by atoms with Gasteiger partial charge in [-0.1, -0.05) is 6.92 Å². The van der Waals surface area contributed by atoms with Crippen LogP contribution in [0, 0.1) is 5.92 Å². The summed E-state index contributed by atoms with van der Waals surface area (Å²) in [5.74, 6) is 1.54. The lowest BCUT2D eigenvalue weighted by Gasteiger charge is -2.25. The highest BCUT2D eigenvalue weighted by atomic mass is 32.2. The summed E-state index contributed by atoms with van der Waals surface area (Å²) in [7, 11) is -2.90. The molecular weight excluding hydrogens is 298 g/mol. The number of aromatic amines is 1. The molecule has 0 amide bonds. The van der Waals surface area contributed by atoms with Crippen LogP contribution in [0.4, 0.5) is 0 Å². The summed E-state index contributed by atoms with van der Waals surface area (Å²) in [5.41, 5.74) is 2.59. The number of aromatic nitrogens is 2. The van der Waals surface area contributed by atoms with Gasteiger partial charge in [-0.05, 0) is 51.0 Å². The largest absolute Gasteiger partial charge is 0.344 e. The second-order valence-corrected chi connectivity index (χ2v) is 9.29. The van der Waals surface area contributed by atoms with Crippen molar-refractivity contribution in [3.05, 3.63) is 17.2 Å². The number of nitrogens with one attached hydrogen (secondary N) is 1. The van der Waals surface area contributed by atoms with Crippen LogP contribution >= 0.6 is 0 Å². The zero-order valence-electron chi connectivity index (χ0n) is 13.6. The molecule has 3 rings (SSSR count). The number of imidazole rings is 1. The predicted octanol–water partition coefficient (Wildman–Crippen LogP) is 2.11. The van der Waals surface area contributed by atoms with Crippen molar-refractivity contribution in [3.8, 4) is 0 Å². The van der Waals surface area contributed by atoms with Gasteiger partial charge < -0.3 is 4.98 Å². The van der Waals surface area contributed by atoms with Gasteiger partial charge >= 0.3 is 0 Å². The maximum Gasteiger partial charge on any atom is 0.147 e. The lowest BCUT2D eigenvalue weighted by Crippen LogP contribution is -2.31. The van der Waals surface area contributed by atoms with Gasteiger partial charge in [-0.2, -0.15) is 0 Å². The van der Waals surface area contributed by atoms with Crippen LogP contribution in [0.2, 0.25) is 0 Å². The van der Waals surface area contributed by atoms with Crippen molar-refractivity contribution in [1.82, 2.24) is 14.9 Å². The number of rotatable bonds is 5. The first-order chi connectivity index (χ1) is 10.4. The van der Waals surface area contributed by atoms with Crippen molar-refractivity contribution < 1.29 is 8.42 Å². The van der Waals surface area contributed by atoms with E-state index in [1.165, 1.54) is 36.9 Å². The molecule has 0 bridgehead atoms. The molecule has 6 heteroatoms. The first-order valence-electron chi connectivity index (χ1n) is 8.42. The number of hydrogen-bond donors (Lipinski definition) is 1. The second kappa shape index (κ2) is 6.32. The number of nitrogens with zero attached hydrogens (tertiary/aromatic N) is 2. The van der Waals surface area contributed by atoms with Gasteiger partial charge in [0.1, 0.15) is 15.7 Å². The summed E-state index contributed by atoms with van der Waals surface area (Å²) in [5, 5.41) is 0. The Morgan fingerprint density at radius 1 is 1.32 bits per heavy atom. The maximum absolute atomic E-state index is 11.5. The van der Waals surface area contributed by atoms with Gasteiger partial charge in [0.25, 0.3) is 0 Å². The standard InChI is InChI=1S/C16H27N3O2S/c1-12(11-22(2,20)21)10-19-9-5-8-15(19)16-17-13-6-3-4-7-14(13)18-16/h12,15H,3-11H2,1-2H3,(H,17,18)/t12-,15+/m0/s1. The van der Waals surface area contributed by atoms with Gasteiger partial charge in [-0.25, -0.2) is 13.4 Å². The van der Waals surface area contributed by atoms with Crippen LogP contribution in [-0.4, -0.2) is 48.4 Å². The van der Waals surface area contributed by atoms with E-state index < -0.39 is 9.84 Å². The molecule has 1 aromatic rings. The number of likely N-dealkylation sites (tertiary alicyclic amines) is 1. The average Bonchev–Trinajstić information content (AvgIpc) is 3.01. The Kier molecular flexibility index (Phi) is 4.59. The fourth-order valence-corrected chi connectivity index (χ4v) is 5.10. The third-order valence-corrected chi connectivity index (χ3v) is 5.96. The molecule has 2 heterocycles. The van der Waals surface area contributed by atoms with E-state index in [4.69, 9.17) is 4.98 Å². The number of H-pyrrole nitrogens is 1. The van der Waals surface area contributed by atoms with E-state index in [9.17, 15) is 8.42 Å². The smallest absolute Gasteiger partial charge is 0.147 e. The molecule has 0 aromatic carbocycles. The number of fused-ring (bicyclic) bond motifs is 1. The quantitative estimate of drug-likeness (QED) is 0.900. The lowest BCUT2D eigenvalue weighted by molar-refractivity contribution is 0.223. The van der Waals surface area contributed by atoms with Gasteiger partial charge in [0, 0.05) is 18.5 Å². The average molecular weight is 325 g/mol. The van der Waals surface area contributed by atoms with Crippen molar-refractivity contribution >= 4 is 9.84 Å². The first-order valence-corrected chi connectivity index (χ1v) is 10.5. The Balaban J connectivity index is 1.69. The molecule has 1 saturated heterocycles. The van der Waals surface area contributed by atoms with E-state index >= 15 is 0 Å². The lowest BCUT2D eigenvalue weighted by atomic mass is 10.0. The van der Waals surface area contributed by atoms with Crippen molar-refractivity contribution in [3.63, 3.8) is 0 Å².